The van der Waals surface area contributed by atoms with Crippen LogP contribution in [0, 0.1) is 0 Å². The van der Waals surface area contributed by atoms with E-state index in [0.717, 1.165) is 17.3 Å². The quantitative estimate of drug-likeness (QED) is 0.680. The molecule has 6 nitrogen and oxygen atoms in total. The fraction of sp³-hybridized carbons (Fsp3) is 0.176. The Hall–Kier alpha value is -2.67. The first-order valence-electron chi connectivity index (χ1n) is 7.29. The van der Waals surface area contributed by atoms with Crippen molar-refractivity contribution in [1.29, 1.82) is 0 Å². The van der Waals surface area contributed by atoms with Crippen molar-refractivity contribution in [3.8, 4) is 0 Å². The first kappa shape index (κ1) is 16.2. The maximum absolute atomic E-state index is 12.3. The van der Waals surface area contributed by atoms with Crippen LogP contribution in [0.4, 0.5) is 0 Å². The molecule has 0 fully saturated rings. The Labute approximate surface area is 139 Å². The van der Waals surface area contributed by atoms with Crippen LogP contribution in [0.1, 0.15) is 28.9 Å². The van der Waals surface area contributed by atoms with Crippen molar-refractivity contribution in [2.24, 2.45) is 0 Å². The van der Waals surface area contributed by atoms with Gasteiger partial charge >= 0.3 is 5.97 Å². The van der Waals surface area contributed by atoms with E-state index >= 15 is 0 Å². The molecule has 0 spiro atoms. The van der Waals surface area contributed by atoms with Gasteiger partial charge < -0.3 is 4.74 Å². The average molecular weight is 344 g/mol. The molecule has 0 N–H and O–H groups in total. The van der Waals surface area contributed by atoms with Crippen molar-refractivity contribution in [2.75, 3.05) is 6.26 Å². The Morgan fingerprint density at radius 2 is 1.88 bits per heavy atom. The predicted octanol–water partition coefficient (Wildman–Crippen LogP) is 2.66. The van der Waals surface area contributed by atoms with Crippen LogP contribution < -0.4 is 0 Å². The lowest BCUT2D eigenvalue weighted by molar-refractivity contribution is 0.0337. The van der Waals surface area contributed by atoms with E-state index < -0.39 is 21.9 Å². The summed E-state index contributed by atoms with van der Waals surface area (Å²) in [6, 6.07) is 11.4. The summed E-state index contributed by atoms with van der Waals surface area (Å²) in [4.78, 5) is 12.5. The zero-order valence-electron chi connectivity index (χ0n) is 13.2. The zero-order chi connectivity index (χ0) is 17.3. The first-order chi connectivity index (χ1) is 11.3. The molecule has 3 rings (SSSR count). The number of sulfone groups is 1. The van der Waals surface area contributed by atoms with Crippen LogP contribution in [-0.2, 0) is 14.6 Å². The van der Waals surface area contributed by atoms with Crippen molar-refractivity contribution in [3.05, 3.63) is 66.0 Å². The molecule has 0 amide bonds. The minimum Gasteiger partial charge on any atom is -0.454 e. The van der Waals surface area contributed by atoms with E-state index in [1.54, 1.807) is 54.2 Å². The van der Waals surface area contributed by atoms with E-state index in [9.17, 15) is 13.2 Å². The number of fused-ring (bicyclic) bond motifs is 1. The van der Waals surface area contributed by atoms with E-state index in [1.165, 1.54) is 12.1 Å². The monoisotopic (exact) mass is 344 g/mol. The second-order valence-corrected chi connectivity index (χ2v) is 7.52. The Balaban J connectivity index is 1.75. The van der Waals surface area contributed by atoms with Crippen LogP contribution in [0.25, 0.3) is 5.52 Å². The highest BCUT2D eigenvalue weighted by Crippen LogP contribution is 2.21. The number of pyridine rings is 1. The molecular weight excluding hydrogens is 328 g/mol. The van der Waals surface area contributed by atoms with Crippen LogP contribution in [0.2, 0.25) is 0 Å². The largest absolute Gasteiger partial charge is 0.454 e. The number of hydrogen-bond donors (Lipinski definition) is 0. The molecule has 0 bridgehead atoms. The second-order valence-electron chi connectivity index (χ2n) is 5.50. The number of rotatable bonds is 4. The summed E-state index contributed by atoms with van der Waals surface area (Å²) < 4.78 is 30.1. The predicted molar refractivity (Wildman–Crippen MR) is 88.6 cm³/mol. The van der Waals surface area contributed by atoms with Gasteiger partial charge in [-0.2, -0.15) is 5.10 Å². The number of aromatic nitrogens is 2. The van der Waals surface area contributed by atoms with E-state index in [1.807, 2.05) is 0 Å². The van der Waals surface area contributed by atoms with Crippen LogP contribution in [0.5, 0.6) is 0 Å². The number of esters is 1. The maximum atomic E-state index is 12.3. The summed E-state index contributed by atoms with van der Waals surface area (Å²) in [6.07, 6.45) is 4.00. The molecule has 1 aromatic carbocycles. The van der Waals surface area contributed by atoms with Crippen molar-refractivity contribution >= 4 is 21.3 Å². The lowest BCUT2D eigenvalue weighted by atomic mass is 10.1. The minimum atomic E-state index is -3.24. The lowest BCUT2D eigenvalue weighted by Gasteiger charge is -2.14. The molecule has 0 aliphatic carbocycles. The van der Waals surface area contributed by atoms with E-state index in [-0.39, 0.29) is 4.90 Å². The second kappa shape index (κ2) is 6.09. The molecule has 0 saturated heterocycles. The van der Waals surface area contributed by atoms with Gasteiger partial charge in [0.05, 0.1) is 16.0 Å². The topological polar surface area (TPSA) is 77.7 Å². The van der Waals surface area contributed by atoms with Gasteiger partial charge in [0, 0.05) is 18.6 Å². The molecule has 124 valence electrons. The smallest absolute Gasteiger partial charge is 0.338 e. The Morgan fingerprint density at radius 3 is 2.54 bits per heavy atom. The van der Waals surface area contributed by atoms with Gasteiger partial charge in [0.25, 0.3) is 0 Å². The number of nitrogens with zero attached hydrogens (tertiary/aromatic N) is 2. The Kier molecular flexibility index (Phi) is 4.11. The summed E-state index contributed by atoms with van der Waals surface area (Å²) in [5.41, 5.74) is 1.96. The van der Waals surface area contributed by atoms with Gasteiger partial charge in [-0.3, -0.25) is 0 Å². The first-order valence-corrected chi connectivity index (χ1v) is 9.18. The van der Waals surface area contributed by atoms with Crippen LogP contribution >= 0.6 is 0 Å². The SMILES string of the molecule is C[C@@H](OC(=O)c1ccn2nccc2c1)c1ccc(S(C)(=O)=O)cc1. The number of hydrogen-bond acceptors (Lipinski definition) is 5. The average Bonchev–Trinajstić information content (AvgIpc) is 3.01. The van der Waals surface area contributed by atoms with Gasteiger partial charge in [0.1, 0.15) is 6.10 Å². The molecule has 0 aliphatic heterocycles. The van der Waals surface area contributed by atoms with Crippen molar-refractivity contribution < 1.29 is 17.9 Å². The van der Waals surface area contributed by atoms with Crippen LogP contribution in [0.15, 0.2) is 59.8 Å². The maximum Gasteiger partial charge on any atom is 0.338 e. The summed E-state index contributed by atoms with van der Waals surface area (Å²) >= 11 is 0. The van der Waals surface area contributed by atoms with Gasteiger partial charge in [-0.1, -0.05) is 12.1 Å². The molecule has 2 heterocycles. The van der Waals surface area contributed by atoms with Gasteiger partial charge in [-0.15, -0.1) is 0 Å². The van der Waals surface area contributed by atoms with Gasteiger partial charge in [0.2, 0.25) is 0 Å². The zero-order valence-corrected chi connectivity index (χ0v) is 14.0. The summed E-state index contributed by atoms with van der Waals surface area (Å²) in [6.45, 7) is 1.74. The lowest BCUT2D eigenvalue weighted by Crippen LogP contribution is -2.10. The fourth-order valence-corrected chi connectivity index (χ4v) is 2.96. The Morgan fingerprint density at radius 1 is 1.17 bits per heavy atom. The molecule has 3 aromatic rings. The summed E-state index contributed by atoms with van der Waals surface area (Å²) in [7, 11) is -3.24. The highest BCUT2D eigenvalue weighted by atomic mass is 32.2. The van der Waals surface area contributed by atoms with Crippen molar-refractivity contribution in [1.82, 2.24) is 9.61 Å². The Bertz CT molecular complexity index is 991. The molecular formula is C17H16N2O4S. The number of benzene rings is 1. The van der Waals surface area contributed by atoms with E-state index in [4.69, 9.17) is 4.74 Å². The molecule has 0 radical (unpaired) electrons. The third-order valence-corrected chi connectivity index (χ3v) is 4.83. The normalized spacial score (nSPS) is 12.9. The molecule has 1 atom stereocenters. The molecule has 7 heteroatoms. The number of carbonyl (C=O) groups is 1. The van der Waals surface area contributed by atoms with Crippen molar-refractivity contribution in [3.63, 3.8) is 0 Å². The third kappa shape index (κ3) is 3.30. The van der Waals surface area contributed by atoms with E-state index in [2.05, 4.69) is 5.10 Å². The molecule has 0 unspecified atom stereocenters. The third-order valence-electron chi connectivity index (χ3n) is 3.70. The standard InChI is InChI=1S/C17H16N2O4S/c1-12(13-3-5-16(6-4-13)24(2,21)22)23-17(20)14-8-10-19-15(11-14)7-9-18-19/h3-12H,1-2H3/t12-/m1/s1. The van der Waals surface area contributed by atoms with Gasteiger partial charge in [-0.05, 0) is 42.8 Å². The minimum absolute atomic E-state index is 0.232. The van der Waals surface area contributed by atoms with E-state index in [0.29, 0.717) is 5.56 Å². The van der Waals surface area contributed by atoms with Crippen LogP contribution in [0.3, 0.4) is 0 Å². The highest BCUT2D eigenvalue weighted by Gasteiger charge is 2.15. The molecule has 2 aromatic heterocycles. The summed E-state index contributed by atoms with van der Waals surface area (Å²) in [5, 5.41) is 4.07. The van der Waals surface area contributed by atoms with Gasteiger partial charge in [-0.25, -0.2) is 17.7 Å². The van der Waals surface area contributed by atoms with Gasteiger partial charge in [0.15, 0.2) is 9.84 Å². The van der Waals surface area contributed by atoms with Crippen molar-refractivity contribution in [2.45, 2.75) is 17.9 Å². The molecule has 24 heavy (non-hydrogen) atoms. The van der Waals surface area contributed by atoms with Crippen LogP contribution in [-0.4, -0.2) is 30.3 Å². The number of ether oxygens (including phenoxy) is 1. The number of carbonyl (C=O) groups excluding carboxylic acids is 1. The molecule has 0 aliphatic rings. The highest BCUT2D eigenvalue weighted by molar-refractivity contribution is 7.90. The summed E-state index contributed by atoms with van der Waals surface area (Å²) in [5.74, 6) is -0.446. The fourth-order valence-electron chi connectivity index (χ4n) is 2.33. The molecule has 0 saturated carbocycles.